The van der Waals surface area contributed by atoms with Crippen LogP contribution >= 0.6 is 11.3 Å². The molecule has 4 nitrogen and oxygen atoms in total. The fourth-order valence-electron chi connectivity index (χ4n) is 2.94. The number of piperazine rings is 1. The maximum atomic E-state index is 5.71. The molecule has 2 N–H and O–H groups in total. The summed E-state index contributed by atoms with van der Waals surface area (Å²) >= 11 is 1.80. The maximum absolute atomic E-state index is 5.71. The van der Waals surface area contributed by atoms with Crippen molar-refractivity contribution in [2.24, 2.45) is 5.73 Å². The highest BCUT2D eigenvalue weighted by molar-refractivity contribution is 7.22. The summed E-state index contributed by atoms with van der Waals surface area (Å²) in [5, 5.41) is 1.17. The third-order valence-corrected chi connectivity index (χ3v) is 5.40. The average molecular weight is 288 g/mol. The molecule has 2 aromatic rings. The van der Waals surface area contributed by atoms with E-state index < -0.39 is 0 Å². The highest BCUT2D eigenvalue weighted by Gasteiger charge is 2.31. The Hall–Kier alpha value is -1.17. The second-order valence-electron chi connectivity index (χ2n) is 5.76. The molecule has 1 aliphatic heterocycles. The van der Waals surface area contributed by atoms with E-state index in [1.54, 1.807) is 11.3 Å². The highest BCUT2D eigenvalue weighted by Crippen LogP contribution is 2.32. The number of hydrogen-bond acceptors (Lipinski definition) is 5. The van der Waals surface area contributed by atoms with Gasteiger partial charge in [0.25, 0.3) is 0 Å². The van der Waals surface area contributed by atoms with Crippen molar-refractivity contribution in [3.05, 3.63) is 23.8 Å². The summed E-state index contributed by atoms with van der Waals surface area (Å²) in [4.78, 5) is 9.85. The molecule has 0 radical (unpaired) electrons. The van der Waals surface area contributed by atoms with E-state index in [0.717, 1.165) is 24.6 Å². The van der Waals surface area contributed by atoms with E-state index in [2.05, 4.69) is 28.0 Å². The van der Waals surface area contributed by atoms with Crippen LogP contribution in [0.5, 0.6) is 0 Å². The number of nitrogens with two attached hydrogens (primary N) is 1. The minimum absolute atomic E-state index is 0.600. The number of anilines is 1. The third-order valence-electron chi connectivity index (χ3n) is 4.33. The topological polar surface area (TPSA) is 45.4 Å². The largest absolute Gasteiger partial charge is 0.345 e. The van der Waals surface area contributed by atoms with Crippen molar-refractivity contribution < 1.29 is 0 Å². The molecule has 4 rings (SSSR count). The van der Waals surface area contributed by atoms with E-state index in [0.29, 0.717) is 6.54 Å². The van der Waals surface area contributed by atoms with Gasteiger partial charge in [0.15, 0.2) is 5.13 Å². The van der Waals surface area contributed by atoms with Crippen molar-refractivity contribution in [2.45, 2.75) is 25.4 Å². The van der Waals surface area contributed by atoms with Gasteiger partial charge in [0.2, 0.25) is 0 Å². The molecule has 5 heteroatoms. The Balaban J connectivity index is 1.53. The van der Waals surface area contributed by atoms with Gasteiger partial charge in [0, 0.05) is 38.8 Å². The SMILES string of the molecule is NCc1ccc2nc(N3CCN(C4CC4)CC3)sc2c1. The fraction of sp³-hybridized carbons (Fsp3) is 0.533. The number of rotatable bonds is 3. The molecular weight excluding hydrogens is 268 g/mol. The Bertz CT molecular complexity index is 611. The highest BCUT2D eigenvalue weighted by atomic mass is 32.1. The average Bonchev–Trinajstić information content (AvgIpc) is 3.26. The summed E-state index contributed by atoms with van der Waals surface area (Å²) < 4.78 is 1.26. The second-order valence-corrected chi connectivity index (χ2v) is 6.77. The lowest BCUT2D eigenvalue weighted by Crippen LogP contribution is -2.47. The molecule has 2 aliphatic rings. The molecule has 2 heterocycles. The number of aromatic nitrogens is 1. The van der Waals surface area contributed by atoms with Gasteiger partial charge in [-0.3, -0.25) is 4.90 Å². The van der Waals surface area contributed by atoms with Crippen LogP contribution in [-0.4, -0.2) is 42.1 Å². The minimum atomic E-state index is 0.600. The summed E-state index contributed by atoms with van der Waals surface area (Å²) in [5.41, 5.74) is 8.00. The predicted molar refractivity (Wildman–Crippen MR) is 84.3 cm³/mol. The van der Waals surface area contributed by atoms with Gasteiger partial charge in [0.05, 0.1) is 10.2 Å². The predicted octanol–water partition coefficient (Wildman–Crippen LogP) is 2.04. The molecule has 0 spiro atoms. The zero-order chi connectivity index (χ0) is 13.5. The summed E-state index contributed by atoms with van der Waals surface area (Å²) in [7, 11) is 0. The van der Waals surface area contributed by atoms with Crippen molar-refractivity contribution >= 4 is 26.7 Å². The van der Waals surface area contributed by atoms with Crippen molar-refractivity contribution in [2.75, 3.05) is 31.1 Å². The molecule has 0 unspecified atom stereocenters. The smallest absolute Gasteiger partial charge is 0.186 e. The molecule has 106 valence electrons. The first kappa shape index (κ1) is 12.6. The van der Waals surface area contributed by atoms with Crippen LogP contribution in [0.25, 0.3) is 10.2 Å². The van der Waals surface area contributed by atoms with Crippen molar-refractivity contribution in [1.82, 2.24) is 9.88 Å². The van der Waals surface area contributed by atoms with Gasteiger partial charge >= 0.3 is 0 Å². The number of thiazole rings is 1. The van der Waals surface area contributed by atoms with E-state index >= 15 is 0 Å². The molecule has 1 aromatic carbocycles. The minimum Gasteiger partial charge on any atom is -0.345 e. The molecule has 0 amide bonds. The molecular formula is C15H20N4S. The molecule has 2 fully saturated rings. The number of nitrogens with zero attached hydrogens (tertiary/aromatic N) is 3. The normalized spacial score (nSPS) is 20.8. The Morgan fingerprint density at radius 3 is 2.70 bits per heavy atom. The molecule has 1 saturated carbocycles. The molecule has 1 aromatic heterocycles. The quantitative estimate of drug-likeness (QED) is 0.939. The number of hydrogen-bond donors (Lipinski definition) is 1. The van der Waals surface area contributed by atoms with E-state index in [1.807, 2.05) is 0 Å². The molecule has 20 heavy (non-hydrogen) atoms. The van der Waals surface area contributed by atoms with Crippen LogP contribution in [0.15, 0.2) is 18.2 Å². The van der Waals surface area contributed by atoms with Crippen molar-refractivity contribution in [3.8, 4) is 0 Å². The zero-order valence-corrected chi connectivity index (χ0v) is 12.4. The van der Waals surface area contributed by atoms with Crippen LogP contribution in [-0.2, 0) is 6.54 Å². The van der Waals surface area contributed by atoms with Gasteiger partial charge in [0.1, 0.15) is 0 Å². The van der Waals surface area contributed by atoms with E-state index in [1.165, 1.54) is 41.3 Å². The van der Waals surface area contributed by atoms with Gasteiger partial charge in [-0.1, -0.05) is 17.4 Å². The zero-order valence-electron chi connectivity index (χ0n) is 11.6. The van der Waals surface area contributed by atoms with Crippen LogP contribution in [0.1, 0.15) is 18.4 Å². The lowest BCUT2D eigenvalue weighted by molar-refractivity contribution is 0.248. The van der Waals surface area contributed by atoms with Gasteiger partial charge in [-0.05, 0) is 30.5 Å². The summed E-state index contributed by atoms with van der Waals surface area (Å²) in [6, 6.07) is 7.24. The summed E-state index contributed by atoms with van der Waals surface area (Å²) in [6.07, 6.45) is 2.81. The van der Waals surface area contributed by atoms with Crippen molar-refractivity contribution in [3.63, 3.8) is 0 Å². The monoisotopic (exact) mass is 288 g/mol. The summed E-state index contributed by atoms with van der Waals surface area (Å²) in [5.74, 6) is 0. The Kier molecular flexibility index (Phi) is 3.13. The second kappa shape index (κ2) is 4.98. The van der Waals surface area contributed by atoms with Gasteiger partial charge < -0.3 is 10.6 Å². The van der Waals surface area contributed by atoms with E-state index in [-0.39, 0.29) is 0 Å². The standard InChI is InChI=1S/C15H20N4S/c16-10-11-1-4-13-14(9-11)20-15(17-13)19-7-5-18(6-8-19)12-2-3-12/h1,4,9,12H,2-3,5-8,10,16H2. The van der Waals surface area contributed by atoms with Gasteiger partial charge in [-0.2, -0.15) is 0 Å². The van der Waals surface area contributed by atoms with Crippen LogP contribution < -0.4 is 10.6 Å². The van der Waals surface area contributed by atoms with Gasteiger partial charge in [-0.25, -0.2) is 4.98 Å². The summed E-state index contributed by atoms with van der Waals surface area (Å²) in [6.45, 7) is 5.20. The Labute approximate surface area is 123 Å². The number of fused-ring (bicyclic) bond motifs is 1. The molecule has 0 bridgehead atoms. The lowest BCUT2D eigenvalue weighted by Gasteiger charge is -2.34. The van der Waals surface area contributed by atoms with Crippen LogP contribution in [0.2, 0.25) is 0 Å². The maximum Gasteiger partial charge on any atom is 0.186 e. The first-order valence-electron chi connectivity index (χ1n) is 7.42. The van der Waals surface area contributed by atoms with Crippen molar-refractivity contribution in [1.29, 1.82) is 0 Å². The molecule has 1 aliphatic carbocycles. The lowest BCUT2D eigenvalue weighted by atomic mass is 10.2. The Morgan fingerprint density at radius 2 is 2.00 bits per heavy atom. The van der Waals surface area contributed by atoms with Crippen LogP contribution in [0.3, 0.4) is 0 Å². The molecule has 0 atom stereocenters. The van der Waals surface area contributed by atoms with Gasteiger partial charge in [-0.15, -0.1) is 0 Å². The first-order valence-corrected chi connectivity index (χ1v) is 8.24. The number of benzene rings is 1. The van der Waals surface area contributed by atoms with Crippen LogP contribution in [0, 0.1) is 0 Å². The van der Waals surface area contributed by atoms with E-state index in [4.69, 9.17) is 10.7 Å². The van der Waals surface area contributed by atoms with E-state index in [9.17, 15) is 0 Å². The molecule has 1 saturated heterocycles. The van der Waals surface area contributed by atoms with Crippen LogP contribution in [0.4, 0.5) is 5.13 Å². The fourth-order valence-corrected chi connectivity index (χ4v) is 4.02. The Morgan fingerprint density at radius 1 is 1.20 bits per heavy atom. The first-order chi connectivity index (χ1) is 9.83. The third kappa shape index (κ3) is 2.30.